The molecule has 1 aliphatic heterocycles. The van der Waals surface area contributed by atoms with Gasteiger partial charge in [0, 0.05) is 40.5 Å². The number of unbranched alkanes of at least 4 members (excludes halogenated alkanes) is 12. The van der Waals surface area contributed by atoms with E-state index in [2.05, 4.69) is 36.5 Å². The van der Waals surface area contributed by atoms with E-state index >= 15 is 0 Å². The van der Waals surface area contributed by atoms with Crippen LogP contribution < -0.4 is 5.32 Å². The number of carbonyl (C=O) groups is 1. The van der Waals surface area contributed by atoms with Crippen molar-refractivity contribution in [3.05, 3.63) is 162 Å². The highest BCUT2D eigenvalue weighted by atomic mass is 32.2. The molecule has 7 rings (SSSR count). The molecule has 5 aromatic carbocycles. The fourth-order valence-corrected chi connectivity index (χ4v) is 9.42. The number of ether oxygens (including phenoxy) is 2. The first kappa shape index (κ1) is 46.0. The number of thioether (sulfide) groups is 1. The van der Waals surface area contributed by atoms with Gasteiger partial charge < -0.3 is 24.3 Å². The Labute approximate surface area is 379 Å². The van der Waals surface area contributed by atoms with Crippen molar-refractivity contribution >= 4 is 23.4 Å². The number of aliphatic hydroxyl groups excluding tert-OH is 1. The van der Waals surface area contributed by atoms with Gasteiger partial charge in [-0.2, -0.15) is 0 Å². The molecule has 6 aromatic rings. The summed E-state index contributed by atoms with van der Waals surface area (Å²) in [6.07, 6.45) is 15.6. The molecule has 8 heteroatoms. The summed E-state index contributed by atoms with van der Waals surface area (Å²) < 4.78 is 20.6. The Morgan fingerprint density at radius 3 is 1.86 bits per heavy atom. The van der Waals surface area contributed by atoms with E-state index in [1.807, 2.05) is 115 Å². The van der Waals surface area contributed by atoms with Crippen molar-refractivity contribution in [1.82, 2.24) is 4.98 Å². The van der Waals surface area contributed by atoms with Crippen LogP contribution in [0.25, 0.3) is 22.6 Å². The monoisotopic (exact) mass is 864 g/mol. The summed E-state index contributed by atoms with van der Waals surface area (Å²) >= 11 is 1.53. The lowest BCUT2D eigenvalue weighted by Crippen LogP contribution is -2.38. The van der Waals surface area contributed by atoms with E-state index in [1.54, 1.807) is 0 Å². The molecule has 2 N–H and O–H groups in total. The maximum absolute atomic E-state index is 13.2. The van der Waals surface area contributed by atoms with Gasteiger partial charge >= 0.3 is 0 Å². The number of aliphatic hydroxyl groups is 1. The van der Waals surface area contributed by atoms with E-state index in [-0.39, 0.29) is 30.6 Å². The van der Waals surface area contributed by atoms with Crippen molar-refractivity contribution in [2.45, 2.75) is 133 Å². The second-order valence-electron chi connectivity index (χ2n) is 16.8. The summed E-state index contributed by atoms with van der Waals surface area (Å²) in [5, 5.41) is 13.6. The van der Waals surface area contributed by atoms with Gasteiger partial charge in [0.15, 0.2) is 12.1 Å². The predicted molar refractivity (Wildman–Crippen MR) is 256 cm³/mol. The smallest absolute Gasteiger partial charge is 0.256 e. The number of hydrogen-bond donors (Lipinski definition) is 2. The molecule has 0 spiro atoms. The number of nitrogens with one attached hydrogen (secondary N) is 1. The second-order valence-corrected chi connectivity index (χ2v) is 17.7. The van der Waals surface area contributed by atoms with Crippen LogP contribution >= 0.6 is 11.8 Å². The van der Waals surface area contributed by atoms with Crippen LogP contribution in [0.15, 0.2) is 149 Å². The lowest BCUT2D eigenvalue weighted by Gasteiger charge is -2.43. The Kier molecular flexibility index (Phi) is 18.1. The van der Waals surface area contributed by atoms with Crippen LogP contribution in [-0.4, -0.2) is 27.9 Å². The Morgan fingerprint density at radius 1 is 0.635 bits per heavy atom. The van der Waals surface area contributed by atoms with Crippen LogP contribution in [0, 0.1) is 0 Å². The average molecular weight is 865 g/mol. The molecule has 1 fully saturated rings. The minimum Gasteiger partial charge on any atom is -0.431 e. The third-order valence-electron chi connectivity index (χ3n) is 12.0. The Bertz CT molecular complexity index is 2170. The van der Waals surface area contributed by atoms with Crippen molar-refractivity contribution in [2.75, 3.05) is 11.1 Å². The van der Waals surface area contributed by atoms with Gasteiger partial charge in [-0.3, -0.25) is 4.79 Å². The topological polar surface area (TPSA) is 93.8 Å². The number of hydrogen-bond acceptors (Lipinski definition) is 7. The quantitative estimate of drug-likeness (QED) is 0.0462. The molecule has 0 bridgehead atoms. The Balaban J connectivity index is 1.04. The van der Waals surface area contributed by atoms with Gasteiger partial charge in [0.2, 0.25) is 5.91 Å². The highest BCUT2D eigenvalue weighted by Gasteiger charge is 2.42. The standard InChI is InChI=1S/C55H64N2O5S/c1-2-3-4-5-6-7-8-9-10-11-12-13-23-33-49(59)56-47-32-24-31-46(38-47)54-60-48(50(42-25-17-14-18-26-42)52(61-54)45-36-34-41(39-58)35-37-45)40-63-55-57-51(43-27-19-15-20-28-43)53(62-55)44-29-21-16-22-30-44/h14-22,24-32,34-38,48,50,52,54,58H,2-13,23,33,39-40H2,1H3,(H,56,59). The first-order valence-corrected chi connectivity index (χ1v) is 24.3. The number of rotatable bonds is 24. The van der Waals surface area contributed by atoms with E-state index in [1.165, 1.54) is 82.4 Å². The predicted octanol–water partition coefficient (Wildman–Crippen LogP) is 14.7. The molecule has 1 saturated heterocycles. The van der Waals surface area contributed by atoms with Crippen molar-refractivity contribution in [3.8, 4) is 22.6 Å². The maximum atomic E-state index is 13.2. The molecule has 1 aromatic heterocycles. The molecule has 63 heavy (non-hydrogen) atoms. The van der Waals surface area contributed by atoms with E-state index in [9.17, 15) is 9.90 Å². The summed E-state index contributed by atoms with van der Waals surface area (Å²) in [4.78, 5) is 18.2. The van der Waals surface area contributed by atoms with Crippen molar-refractivity contribution in [1.29, 1.82) is 0 Å². The zero-order chi connectivity index (χ0) is 43.5. The fourth-order valence-electron chi connectivity index (χ4n) is 8.53. The van der Waals surface area contributed by atoms with Crippen LogP contribution in [0.4, 0.5) is 5.69 Å². The molecule has 0 saturated carbocycles. The van der Waals surface area contributed by atoms with Crippen molar-refractivity contribution in [3.63, 3.8) is 0 Å². The van der Waals surface area contributed by atoms with Gasteiger partial charge in [0.25, 0.3) is 5.22 Å². The molecule has 2 heterocycles. The number of benzene rings is 5. The largest absolute Gasteiger partial charge is 0.431 e. The SMILES string of the molecule is CCCCCCCCCCCCCCCC(=O)Nc1cccc(C2OC(CSc3nc(-c4ccccc4)c(-c4ccccc4)o3)C(c3ccccc3)C(c3ccc(CO)cc3)O2)c1. The number of nitrogens with zero attached hydrogens (tertiary/aromatic N) is 1. The fraction of sp³-hybridized carbons (Fsp3) is 0.382. The van der Waals surface area contributed by atoms with Crippen molar-refractivity contribution < 1.29 is 23.8 Å². The number of aromatic nitrogens is 1. The summed E-state index contributed by atoms with van der Waals surface area (Å²) in [5.41, 5.74) is 7.20. The molecule has 330 valence electrons. The van der Waals surface area contributed by atoms with E-state index in [4.69, 9.17) is 18.9 Å². The third kappa shape index (κ3) is 13.5. The summed E-state index contributed by atoms with van der Waals surface area (Å²) in [7, 11) is 0. The molecule has 1 amide bonds. The molecule has 0 radical (unpaired) electrons. The first-order chi connectivity index (χ1) is 31.1. The van der Waals surface area contributed by atoms with Gasteiger partial charge in [0.1, 0.15) is 5.69 Å². The zero-order valence-electron chi connectivity index (χ0n) is 36.8. The van der Waals surface area contributed by atoms with Crippen LogP contribution in [0.2, 0.25) is 0 Å². The molecule has 7 nitrogen and oxygen atoms in total. The van der Waals surface area contributed by atoms with Gasteiger partial charge in [-0.05, 0) is 35.2 Å². The average Bonchev–Trinajstić information content (AvgIpc) is 3.77. The number of anilines is 1. The van der Waals surface area contributed by atoms with Gasteiger partial charge in [0.05, 0.1) is 18.8 Å². The Hall–Kier alpha value is -4.99. The molecule has 0 aliphatic carbocycles. The third-order valence-corrected chi connectivity index (χ3v) is 12.9. The highest BCUT2D eigenvalue weighted by Crippen LogP contribution is 2.48. The lowest BCUT2D eigenvalue weighted by atomic mass is 9.84. The minimum atomic E-state index is -0.722. The van der Waals surface area contributed by atoms with Gasteiger partial charge in [-0.15, -0.1) is 0 Å². The summed E-state index contributed by atoms with van der Waals surface area (Å²) in [6, 6.07) is 46.4. The second kappa shape index (κ2) is 24.7. The van der Waals surface area contributed by atoms with Crippen molar-refractivity contribution in [2.24, 2.45) is 0 Å². The lowest BCUT2D eigenvalue weighted by molar-refractivity contribution is -0.255. The minimum absolute atomic E-state index is 0.0247. The molecule has 1 aliphatic rings. The maximum Gasteiger partial charge on any atom is 0.256 e. The normalized spacial score (nSPS) is 17.4. The van der Waals surface area contributed by atoms with Crippen LogP contribution in [0.5, 0.6) is 0 Å². The van der Waals surface area contributed by atoms with Crippen LogP contribution in [0.3, 0.4) is 0 Å². The highest BCUT2D eigenvalue weighted by molar-refractivity contribution is 7.99. The first-order valence-electron chi connectivity index (χ1n) is 23.3. The number of carbonyl (C=O) groups excluding carboxylic acids is 1. The molecular weight excluding hydrogens is 801 g/mol. The molecular formula is C55H64N2O5S. The number of oxazole rings is 1. The summed E-state index contributed by atoms with van der Waals surface area (Å²) in [6.45, 7) is 2.23. The number of amides is 1. The van der Waals surface area contributed by atoms with E-state index in [0.717, 1.165) is 63.4 Å². The zero-order valence-corrected chi connectivity index (χ0v) is 37.7. The van der Waals surface area contributed by atoms with Crippen LogP contribution in [0.1, 0.15) is 137 Å². The molecule has 4 atom stereocenters. The van der Waals surface area contributed by atoms with E-state index in [0.29, 0.717) is 17.4 Å². The van der Waals surface area contributed by atoms with Gasteiger partial charge in [-0.1, -0.05) is 223 Å². The molecule has 4 unspecified atom stereocenters. The Morgan fingerprint density at radius 2 is 1.22 bits per heavy atom. The van der Waals surface area contributed by atoms with Gasteiger partial charge in [-0.25, -0.2) is 4.98 Å². The van der Waals surface area contributed by atoms with Crippen LogP contribution in [-0.2, 0) is 20.9 Å². The van der Waals surface area contributed by atoms with E-state index < -0.39 is 6.29 Å². The summed E-state index contributed by atoms with van der Waals surface area (Å²) in [5.74, 6) is 1.10.